The molecular formula is C48H41ClN12O2. The number of carbonyl (C=O) groups is 2. The number of rotatable bonds is 12. The third kappa shape index (κ3) is 9.56. The fourth-order valence-corrected chi connectivity index (χ4v) is 7.46. The van der Waals surface area contributed by atoms with E-state index in [4.69, 9.17) is 11.6 Å². The average Bonchev–Trinajstić information content (AvgIpc) is 4.28. The molecule has 14 nitrogen and oxygen atoms in total. The zero-order valence-electron chi connectivity index (χ0n) is 34.1. The highest BCUT2D eigenvalue weighted by molar-refractivity contribution is 6.29. The smallest absolute Gasteiger partial charge is 0.274 e. The number of halogens is 1. The molecule has 3 aliphatic rings. The lowest BCUT2D eigenvalue weighted by molar-refractivity contribution is 0.101. The van der Waals surface area contributed by atoms with E-state index in [2.05, 4.69) is 72.2 Å². The van der Waals surface area contributed by atoms with Crippen LogP contribution in [0.3, 0.4) is 0 Å². The highest BCUT2D eigenvalue weighted by Crippen LogP contribution is 2.39. The van der Waals surface area contributed by atoms with Gasteiger partial charge in [-0.1, -0.05) is 41.9 Å². The number of nitrogens with one attached hydrogen (secondary N) is 2. The van der Waals surface area contributed by atoms with Gasteiger partial charge in [0.1, 0.15) is 29.2 Å². The number of amides is 2. The molecule has 6 heterocycles. The molecule has 3 saturated carbocycles. The topological polar surface area (TPSA) is 171 Å². The minimum Gasteiger partial charge on any atom is -0.321 e. The number of hydrogen-bond acceptors (Lipinski definition) is 10. The largest absolute Gasteiger partial charge is 0.321 e. The summed E-state index contributed by atoms with van der Waals surface area (Å²) in [5.41, 5.74) is 8.61. The summed E-state index contributed by atoms with van der Waals surface area (Å²) in [5.74, 6) is 1.90. The lowest BCUT2D eigenvalue weighted by Crippen LogP contribution is -2.13. The summed E-state index contributed by atoms with van der Waals surface area (Å²) in [5, 5.41) is 22.9. The first-order valence-corrected chi connectivity index (χ1v) is 21.4. The van der Waals surface area contributed by atoms with Crippen molar-refractivity contribution >= 4 is 34.8 Å². The molecule has 3 fully saturated rings. The SMILES string of the molecule is O=C(Nc1cccc(-c2nncn2C2CC2)c1)c1cc(-c2ccc(CC3CC3)nc2)ccn1.O=C(Nc1cccc(-c2nncn2C2CC2)c1)c1cc(-c2ccc(Cl)nc2)ccn1. The molecule has 0 aliphatic heterocycles. The molecule has 0 spiro atoms. The lowest BCUT2D eigenvalue weighted by atomic mass is 10.1. The van der Waals surface area contributed by atoms with Crippen LogP contribution in [0.5, 0.6) is 0 Å². The van der Waals surface area contributed by atoms with Gasteiger partial charge in [0.05, 0.1) is 0 Å². The third-order valence-corrected chi connectivity index (χ3v) is 11.4. The number of pyridine rings is 4. The number of benzene rings is 2. The van der Waals surface area contributed by atoms with Gasteiger partial charge in [-0.2, -0.15) is 0 Å². The van der Waals surface area contributed by atoms with E-state index in [0.717, 1.165) is 88.7 Å². The third-order valence-electron chi connectivity index (χ3n) is 11.2. The number of nitrogens with zero attached hydrogens (tertiary/aromatic N) is 10. The van der Waals surface area contributed by atoms with Crippen LogP contribution < -0.4 is 10.6 Å². The van der Waals surface area contributed by atoms with Crippen LogP contribution in [0.1, 0.15) is 77.3 Å². The van der Waals surface area contributed by atoms with Gasteiger partial charge in [0.2, 0.25) is 0 Å². The number of anilines is 2. The van der Waals surface area contributed by atoms with Crippen LogP contribution in [0.15, 0.2) is 135 Å². The van der Waals surface area contributed by atoms with Crippen molar-refractivity contribution in [3.8, 4) is 45.0 Å². The van der Waals surface area contributed by atoms with Gasteiger partial charge in [0.25, 0.3) is 11.8 Å². The molecule has 312 valence electrons. The van der Waals surface area contributed by atoms with Gasteiger partial charge in [-0.05, 0) is 129 Å². The Bertz CT molecular complexity index is 2920. The van der Waals surface area contributed by atoms with Crippen LogP contribution in [-0.4, -0.2) is 61.3 Å². The summed E-state index contributed by atoms with van der Waals surface area (Å²) in [6.07, 6.45) is 18.6. The molecule has 2 aromatic carbocycles. The summed E-state index contributed by atoms with van der Waals surface area (Å²) in [6.45, 7) is 0. The Morgan fingerprint density at radius 1 is 0.556 bits per heavy atom. The number of hydrogen-bond donors (Lipinski definition) is 2. The van der Waals surface area contributed by atoms with E-state index in [1.165, 1.54) is 12.8 Å². The molecule has 2 amide bonds. The molecular weight excluding hydrogens is 812 g/mol. The monoisotopic (exact) mass is 852 g/mol. The van der Waals surface area contributed by atoms with Gasteiger partial charge >= 0.3 is 0 Å². The van der Waals surface area contributed by atoms with Crippen molar-refractivity contribution in [1.29, 1.82) is 0 Å². The van der Waals surface area contributed by atoms with E-state index < -0.39 is 0 Å². The van der Waals surface area contributed by atoms with Gasteiger partial charge in [0, 0.05) is 76.2 Å². The quantitative estimate of drug-likeness (QED) is 0.113. The Hall–Kier alpha value is -7.45. The minimum atomic E-state index is -0.292. The van der Waals surface area contributed by atoms with E-state index in [-0.39, 0.29) is 11.8 Å². The zero-order chi connectivity index (χ0) is 42.7. The molecule has 0 bridgehead atoms. The summed E-state index contributed by atoms with van der Waals surface area (Å²) in [6, 6.07) is 31.2. The highest BCUT2D eigenvalue weighted by atomic mass is 35.5. The van der Waals surface area contributed by atoms with Gasteiger partial charge in [-0.15, -0.1) is 20.4 Å². The number of carbonyl (C=O) groups excluding carboxylic acids is 2. The first kappa shape index (κ1) is 39.7. The molecule has 2 N–H and O–H groups in total. The Balaban J connectivity index is 0.000000150. The predicted octanol–water partition coefficient (Wildman–Crippen LogP) is 9.58. The molecule has 63 heavy (non-hydrogen) atoms. The van der Waals surface area contributed by atoms with Crippen molar-refractivity contribution in [2.24, 2.45) is 5.92 Å². The number of aromatic nitrogens is 10. The summed E-state index contributed by atoms with van der Waals surface area (Å²) in [4.78, 5) is 42.9. The highest BCUT2D eigenvalue weighted by Gasteiger charge is 2.28. The zero-order valence-corrected chi connectivity index (χ0v) is 34.8. The first-order valence-electron chi connectivity index (χ1n) is 21.0. The molecule has 0 atom stereocenters. The Morgan fingerprint density at radius 2 is 1.08 bits per heavy atom. The fourth-order valence-electron chi connectivity index (χ4n) is 7.35. The molecule has 15 heteroatoms. The Labute approximate surface area is 367 Å². The van der Waals surface area contributed by atoms with Gasteiger partial charge in [-0.25, -0.2) is 4.98 Å². The Morgan fingerprint density at radius 3 is 1.54 bits per heavy atom. The molecule has 6 aromatic heterocycles. The molecule has 0 unspecified atom stereocenters. The second-order valence-electron chi connectivity index (χ2n) is 16.1. The molecule has 0 saturated heterocycles. The van der Waals surface area contributed by atoms with Gasteiger partial charge < -0.3 is 19.8 Å². The van der Waals surface area contributed by atoms with Crippen molar-refractivity contribution in [3.63, 3.8) is 0 Å². The molecule has 11 rings (SSSR count). The van der Waals surface area contributed by atoms with Crippen LogP contribution >= 0.6 is 11.6 Å². The fraction of sp³-hybridized carbons (Fsp3) is 0.208. The van der Waals surface area contributed by atoms with Crippen molar-refractivity contribution in [3.05, 3.63) is 157 Å². The molecule has 0 radical (unpaired) electrons. The first-order chi connectivity index (χ1) is 30.9. The van der Waals surface area contributed by atoms with Crippen LogP contribution in [0.4, 0.5) is 11.4 Å². The van der Waals surface area contributed by atoms with Gasteiger partial charge in [0.15, 0.2) is 11.6 Å². The van der Waals surface area contributed by atoms with E-state index in [1.807, 2.05) is 72.9 Å². The van der Waals surface area contributed by atoms with Crippen molar-refractivity contribution in [2.75, 3.05) is 10.6 Å². The summed E-state index contributed by atoms with van der Waals surface area (Å²) in [7, 11) is 0. The Kier molecular flexibility index (Phi) is 11.0. The van der Waals surface area contributed by atoms with Crippen LogP contribution in [0.25, 0.3) is 45.0 Å². The normalized spacial score (nSPS) is 14.4. The van der Waals surface area contributed by atoms with Crippen molar-refractivity contribution < 1.29 is 9.59 Å². The standard InChI is InChI=1S/C26H24N6O.C22H17ClN6O/c33-26(30-22-3-1-2-19(13-22)25-31-29-16-32(25)23-8-9-23)24-14-18(10-11-27-24)20-6-7-21(28-15-20)12-17-4-5-17;23-20-7-4-16(12-25-20)14-8-9-24-19(11-14)22(30)27-17-3-1-2-15(10-17)21-28-26-13-29(21)18-5-6-18/h1-3,6-7,10-11,13-17,23H,4-5,8-9,12H2,(H,30,33);1-4,7-13,18H,5-6H2,(H,27,30). The molecule has 8 aromatic rings. The summed E-state index contributed by atoms with van der Waals surface area (Å²) < 4.78 is 4.20. The van der Waals surface area contributed by atoms with E-state index >= 15 is 0 Å². The van der Waals surface area contributed by atoms with Crippen molar-refractivity contribution in [1.82, 2.24) is 49.5 Å². The lowest BCUT2D eigenvalue weighted by Gasteiger charge is -2.09. The predicted molar refractivity (Wildman–Crippen MR) is 240 cm³/mol. The van der Waals surface area contributed by atoms with Gasteiger partial charge in [-0.3, -0.25) is 24.5 Å². The average molecular weight is 853 g/mol. The van der Waals surface area contributed by atoms with Crippen LogP contribution in [0.2, 0.25) is 5.15 Å². The van der Waals surface area contributed by atoms with E-state index in [0.29, 0.717) is 40.0 Å². The van der Waals surface area contributed by atoms with Crippen molar-refractivity contribution in [2.45, 2.75) is 57.0 Å². The second-order valence-corrected chi connectivity index (χ2v) is 16.5. The second kappa shape index (κ2) is 17.5. The van der Waals surface area contributed by atoms with Crippen LogP contribution in [-0.2, 0) is 6.42 Å². The van der Waals surface area contributed by atoms with E-state index in [9.17, 15) is 9.59 Å². The maximum atomic E-state index is 12.9. The molecule has 3 aliphatic carbocycles. The maximum absolute atomic E-state index is 12.9. The van der Waals surface area contributed by atoms with Crippen LogP contribution in [0, 0.1) is 5.92 Å². The maximum Gasteiger partial charge on any atom is 0.274 e. The van der Waals surface area contributed by atoms with E-state index in [1.54, 1.807) is 49.4 Å². The summed E-state index contributed by atoms with van der Waals surface area (Å²) >= 11 is 5.85. The minimum absolute atomic E-state index is 0.254.